The average Bonchev–Trinajstić information content (AvgIpc) is 3.36. The van der Waals surface area contributed by atoms with Crippen molar-refractivity contribution in [3.63, 3.8) is 0 Å². The largest absolute Gasteiger partial charge is 0.494 e. The van der Waals surface area contributed by atoms with Crippen LogP contribution in [0.5, 0.6) is 5.88 Å². The van der Waals surface area contributed by atoms with E-state index in [2.05, 4.69) is 35.9 Å². The van der Waals surface area contributed by atoms with E-state index in [0.29, 0.717) is 23.6 Å². The lowest BCUT2D eigenvalue weighted by Gasteiger charge is -2.34. The van der Waals surface area contributed by atoms with Gasteiger partial charge in [0.15, 0.2) is 5.88 Å². The molecule has 0 unspecified atom stereocenters. The Morgan fingerprint density at radius 2 is 1.72 bits per heavy atom. The number of aromatic hydroxyl groups is 1. The minimum Gasteiger partial charge on any atom is -0.494 e. The number of aliphatic imine (C=N–C) groups is 1. The van der Waals surface area contributed by atoms with Gasteiger partial charge >= 0.3 is 0 Å². The van der Waals surface area contributed by atoms with Crippen molar-refractivity contribution in [3.05, 3.63) is 58.1 Å². The van der Waals surface area contributed by atoms with E-state index < -0.39 is 0 Å². The molecular weight excluding hydrogens is 569 g/mol. The number of aromatic amines is 1. The Bertz CT molecular complexity index is 1240. The first-order chi connectivity index (χ1) is 16.6. The van der Waals surface area contributed by atoms with Crippen LogP contribution >= 0.6 is 40.7 Å². The molecule has 2 aromatic carbocycles. The van der Waals surface area contributed by atoms with Gasteiger partial charge in [-0.2, -0.15) is 0 Å². The molecule has 3 heterocycles. The van der Waals surface area contributed by atoms with Crippen molar-refractivity contribution in [1.82, 2.24) is 14.8 Å². The highest BCUT2D eigenvalue weighted by molar-refractivity contribution is 9.10. The second-order valence-corrected chi connectivity index (χ2v) is 9.38. The Kier molecular flexibility index (Phi) is 10.2. The van der Waals surface area contributed by atoms with E-state index in [-0.39, 0.29) is 30.7 Å². The van der Waals surface area contributed by atoms with Crippen LogP contribution in [0.3, 0.4) is 0 Å². The predicted octanol–water partition coefficient (Wildman–Crippen LogP) is 4.60. The molecule has 1 fully saturated rings. The summed E-state index contributed by atoms with van der Waals surface area (Å²) in [6.07, 6.45) is 0. The van der Waals surface area contributed by atoms with Crippen molar-refractivity contribution < 1.29 is 14.7 Å². The third-order valence-corrected chi connectivity index (χ3v) is 6.82. The molecule has 0 radical (unpaired) electrons. The highest BCUT2D eigenvalue weighted by Crippen LogP contribution is 2.36. The maximum atomic E-state index is 10.7. The lowest BCUT2D eigenvalue weighted by Crippen LogP contribution is -2.48. The quantitative estimate of drug-likeness (QED) is 0.292. The first-order valence-corrected chi connectivity index (χ1v) is 12.3. The fraction of sp³-hybridized carbons (Fsp3) is 0.360. The zero-order valence-corrected chi connectivity index (χ0v) is 23.2. The van der Waals surface area contributed by atoms with Crippen LogP contribution in [0, 0.1) is 0 Å². The summed E-state index contributed by atoms with van der Waals surface area (Å²) in [5.74, 6) is 0.0682. The minimum atomic E-state index is 0. The number of hydrogen-bond donors (Lipinski definition) is 2. The Morgan fingerprint density at radius 1 is 1.03 bits per heavy atom. The molecule has 0 spiro atoms. The molecule has 5 rings (SSSR count). The monoisotopic (exact) mass is 597 g/mol. The average molecular weight is 599 g/mol. The van der Waals surface area contributed by atoms with Gasteiger partial charge in [0.05, 0.1) is 23.4 Å². The molecule has 0 bridgehead atoms. The number of ether oxygens (including phenoxy) is 1. The summed E-state index contributed by atoms with van der Waals surface area (Å²) in [6, 6.07) is 13.7. The van der Waals surface area contributed by atoms with Gasteiger partial charge in [0.1, 0.15) is 18.0 Å². The first-order valence-electron chi connectivity index (χ1n) is 11.5. The predicted molar refractivity (Wildman–Crippen MR) is 152 cm³/mol. The summed E-state index contributed by atoms with van der Waals surface area (Å²) >= 11 is 3.49. The summed E-state index contributed by atoms with van der Waals surface area (Å²) < 4.78 is 6.11. The molecule has 1 aromatic heterocycles. The number of rotatable bonds is 8. The standard InChI is InChI=1S/C25H28BrN5O3.2ClH/c1-33-14-12-30-8-10-31(11-9-30)13-15-34-29-23-19-4-2-3-5-20(19)27-24(23)22-18-7-6-17(26)16-21(18)28-25(22)32;;/h2-7,16,28,32H,8-15H2,1H3;2*1H. The van der Waals surface area contributed by atoms with Crippen molar-refractivity contribution in [2.45, 2.75) is 0 Å². The number of fused-ring (bicyclic) bond motifs is 2. The number of piperazine rings is 1. The number of para-hydroxylation sites is 1. The molecule has 2 aliphatic rings. The smallest absolute Gasteiger partial charge is 0.199 e. The normalized spacial score (nSPS) is 16.9. The van der Waals surface area contributed by atoms with Gasteiger partial charge in [-0.05, 0) is 18.2 Å². The molecule has 194 valence electrons. The number of halogens is 3. The molecule has 2 N–H and O–H groups in total. The Morgan fingerprint density at radius 3 is 2.44 bits per heavy atom. The molecule has 36 heavy (non-hydrogen) atoms. The number of aromatic nitrogens is 1. The van der Waals surface area contributed by atoms with Gasteiger partial charge < -0.3 is 19.7 Å². The number of hydrogen-bond acceptors (Lipinski definition) is 7. The molecule has 8 nitrogen and oxygen atoms in total. The molecular formula is C25H30BrCl2N5O3. The van der Waals surface area contributed by atoms with Gasteiger partial charge in [-0.25, -0.2) is 4.99 Å². The van der Waals surface area contributed by atoms with Crippen molar-refractivity contribution in [3.8, 4) is 5.88 Å². The summed E-state index contributed by atoms with van der Waals surface area (Å²) in [4.78, 5) is 18.5. The third-order valence-electron chi connectivity index (χ3n) is 6.32. The molecule has 1 saturated heterocycles. The van der Waals surface area contributed by atoms with Crippen LogP contribution < -0.4 is 0 Å². The molecule has 11 heteroatoms. The van der Waals surface area contributed by atoms with E-state index in [1.165, 1.54) is 0 Å². The Labute approximate surface area is 231 Å². The minimum absolute atomic E-state index is 0. The number of H-pyrrole nitrogens is 1. The lowest BCUT2D eigenvalue weighted by atomic mass is 10.0. The van der Waals surface area contributed by atoms with Crippen molar-refractivity contribution >= 4 is 68.8 Å². The zero-order chi connectivity index (χ0) is 23.5. The van der Waals surface area contributed by atoms with Crippen LogP contribution in [0.2, 0.25) is 0 Å². The molecule has 0 saturated carbocycles. The fourth-order valence-electron chi connectivity index (χ4n) is 4.47. The van der Waals surface area contributed by atoms with Crippen LogP contribution in [0.15, 0.2) is 57.1 Å². The number of oxime groups is 1. The van der Waals surface area contributed by atoms with Crippen molar-refractivity contribution in [2.24, 2.45) is 10.1 Å². The summed E-state index contributed by atoms with van der Waals surface area (Å²) in [7, 11) is 1.74. The van der Waals surface area contributed by atoms with E-state index >= 15 is 0 Å². The Balaban J connectivity index is 0.00000180. The topological polar surface area (TPSA) is 85.7 Å². The summed E-state index contributed by atoms with van der Waals surface area (Å²) in [6.45, 7) is 7.16. The number of methoxy groups -OCH3 is 1. The highest BCUT2D eigenvalue weighted by Gasteiger charge is 2.29. The van der Waals surface area contributed by atoms with Gasteiger partial charge in [-0.1, -0.05) is 45.4 Å². The number of benzene rings is 2. The van der Waals surface area contributed by atoms with Gasteiger partial charge in [-0.15, -0.1) is 24.8 Å². The molecule has 0 aliphatic carbocycles. The van der Waals surface area contributed by atoms with E-state index in [1.54, 1.807) is 7.11 Å². The summed E-state index contributed by atoms with van der Waals surface area (Å²) in [5, 5.41) is 16.1. The highest BCUT2D eigenvalue weighted by atomic mass is 79.9. The van der Waals surface area contributed by atoms with E-state index in [9.17, 15) is 5.11 Å². The first kappa shape index (κ1) is 28.4. The Hall–Kier alpha value is -2.14. The maximum Gasteiger partial charge on any atom is 0.199 e. The maximum absolute atomic E-state index is 10.7. The third kappa shape index (κ3) is 6.04. The van der Waals surface area contributed by atoms with Crippen LogP contribution in [0.25, 0.3) is 10.9 Å². The van der Waals surface area contributed by atoms with Crippen LogP contribution in [-0.4, -0.2) is 90.9 Å². The zero-order valence-electron chi connectivity index (χ0n) is 19.9. The van der Waals surface area contributed by atoms with Crippen LogP contribution in [0.1, 0.15) is 11.1 Å². The molecule has 3 aromatic rings. The van der Waals surface area contributed by atoms with Crippen molar-refractivity contribution in [1.29, 1.82) is 0 Å². The molecule has 0 amide bonds. The van der Waals surface area contributed by atoms with E-state index in [0.717, 1.165) is 72.5 Å². The second-order valence-electron chi connectivity index (χ2n) is 8.47. The van der Waals surface area contributed by atoms with Crippen LogP contribution in [0.4, 0.5) is 5.69 Å². The molecule has 0 atom stereocenters. The lowest BCUT2D eigenvalue weighted by molar-refractivity contribution is 0.0678. The second kappa shape index (κ2) is 12.9. The van der Waals surface area contributed by atoms with Gasteiger partial charge in [0.25, 0.3) is 0 Å². The van der Waals surface area contributed by atoms with Gasteiger partial charge in [0.2, 0.25) is 0 Å². The van der Waals surface area contributed by atoms with Gasteiger partial charge in [0, 0.05) is 61.8 Å². The number of nitrogens with zero attached hydrogens (tertiary/aromatic N) is 4. The SMILES string of the molecule is COCCN1CCN(CCON=C2C(c3c(O)[nH]c4cc(Br)ccc34)=Nc3ccccc32)CC1.Cl.Cl. The van der Waals surface area contributed by atoms with Gasteiger partial charge in [-0.3, -0.25) is 9.80 Å². The van der Waals surface area contributed by atoms with Crippen LogP contribution in [-0.2, 0) is 9.57 Å². The van der Waals surface area contributed by atoms with Crippen molar-refractivity contribution in [2.75, 3.05) is 59.6 Å². The fourth-order valence-corrected chi connectivity index (χ4v) is 4.83. The summed E-state index contributed by atoms with van der Waals surface area (Å²) in [5.41, 5.74) is 4.42. The molecule has 2 aliphatic heterocycles. The van der Waals surface area contributed by atoms with E-state index in [1.807, 2.05) is 42.5 Å². The number of nitrogens with one attached hydrogen (secondary N) is 1. The van der Waals surface area contributed by atoms with E-state index in [4.69, 9.17) is 14.6 Å².